The van der Waals surface area contributed by atoms with Crippen LogP contribution in [0.15, 0.2) is 40.5 Å². The molecule has 3 aromatic rings. The molecule has 8 heteroatoms. The molecule has 0 saturated carbocycles. The van der Waals surface area contributed by atoms with Gasteiger partial charge in [0.15, 0.2) is 11.6 Å². The van der Waals surface area contributed by atoms with Gasteiger partial charge in [0.25, 0.3) is 0 Å². The minimum atomic E-state index is -0.342. The average Bonchev–Trinajstić information content (AvgIpc) is 3.20. The molecule has 0 atom stereocenters. The molecule has 106 valence electrons. The molecular weight excluding hydrogens is 312 g/mol. The zero-order chi connectivity index (χ0) is 14.7. The lowest BCUT2D eigenvalue weighted by atomic mass is 10.3. The van der Waals surface area contributed by atoms with Gasteiger partial charge in [-0.15, -0.1) is 22.9 Å². The first-order valence-electron chi connectivity index (χ1n) is 5.95. The molecule has 3 rings (SSSR count). The molecule has 0 bridgehead atoms. The molecule has 0 radical (unpaired) electrons. The van der Waals surface area contributed by atoms with E-state index in [2.05, 4.69) is 20.3 Å². The first-order chi connectivity index (χ1) is 10.3. The molecule has 3 heterocycles. The number of halogens is 1. The van der Waals surface area contributed by atoms with Crippen molar-refractivity contribution in [2.75, 3.05) is 11.2 Å². The van der Waals surface area contributed by atoms with Gasteiger partial charge in [-0.3, -0.25) is 4.79 Å². The van der Waals surface area contributed by atoms with Crippen LogP contribution in [-0.2, 0) is 4.79 Å². The Kier molecular flexibility index (Phi) is 3.94. The van der Waals surface area contributed by atoms with E-state index in [1.807, 2.05) is 5.38 Å². The minimum Gasteiger partial charge on any atom is -0.461 e. The normalized spacial score (nSPS) is 10.5. The molecule has 3 aromatic heterocycles. The molecule has 0 unspecified atom stereocenters. The van der Waals surface area contributed by atoms with Gasteiger partial charge >= 0.3 is 0 Å². The number of nitrogens with one attached hydrogen (secondary N) is 1. The van der Waals surface area contributed by atoms with Crippen LogP contribution in [0.25, 0.3) is 22.3 Å². The SMILES string of the molecule is O=C(CCl)Nc1cc(-c2nccs2)nc(-c2ccco2)n1. The number of hydrogen-bond acceptors (Lipinski definition) is 6. The zero-order valence-electron chi connectivity index (χ0n) is 10.6. The van der Waals surface area contributed by atoms with Crippen LogP contribution in [0.3, 0.4) is 0 Å². The Morgan fingerprint density at radius 1 is 1.43 bits per heavy atom. The predicted octanol–water partition coefficient (Wildman–Crippen LogP) is 3.04. The summed E-state index contributed by atoms with van der Waals surface area (Å²) in [6.07, 6.45) is 3.22. The summed E-state index contributed by atoms with van der Waals surface area (Å²) in [5.74, 6) is 0.748. The number of nitrogens with zero attached hydrogens (tertiary/aromatic N) is 3. The fourth-order valence-corrected chi connectivity index (χ4v) is 2.33. The van der Waals surface area contributed by atoms with E-state index in [0.29, 0.717) is 23.1 Å². The van der Waals surface area contributed by atoms with Gasteiger partial charge in [0, 0.05) is 17.6 Å². The van der Waals surface area contributed by atoms with Crippen molar-refractivity contribution in [2.24, 2.45) is 0 Å². The number of rotatable bonds is 4. The van der Waals surface area contributed by atoms with Crippen LogP contribution in [-0.4, -0.2) is 26.7 Å². The third kappa shape index (κ3) is 3.09. The van der Waals surface area contributed by atoms with Crippen LogP contribution in [0.1, 0.15) is 0 Å². The molecule has 0 spiro atoms. The van der Waals surface area contributed by atoms with Gasteiger partial charge in [-0.25, -0.2) is 15.0 Å². The third-order valence-corrected chi connectivity index (χ3v) is 3.55. The van der Waals surface area contributed by atoms with Crippen molar-refractivity contribution in [3.8, 4) is 22.3 Å². The van der Waals surface area contributed by atoms with Crippen molar-refractivity contribution in [1.29, 1.82) is 0 Å². The number of anilines is 1. The fraction of sp³-hybridized carbons (Fsp3) is 0.0769. The van der Waals surface area contributed by atoms with Crippen molar-refractivity contribution in [1.82, 2.24) is 15.0 Å². The van der Waals surface area contributed by atoms with Crippen molar-refractivity contribution in [2.45, 2.75) is 0 Å². The van der Waals surface area contributed by atoms with Gasteiger partial charge in [-0.1, -0.05) is 0 Å². The highest BCUT2D eigenvalue weighted by Gasteiger charge is 2.13. The number of furan rings is 1. The van der Waals surface area contributed by atoms with Crippen LogP contribution in [0.4, 0.5) is 5.82 Å². The second-order valence-electron chi connectivity index (χ2n) is 3.96. The van der Waals surface area contributed by atoms with E-state index >= 15 is 0 Å². The topological polar surface area (TPSA) is 80.9 Å². The van der Waals surface area contributed by atoms with Crippen molar-refractivity contribution in [3.63, 3.8) is 0 Å². The Labute approximate surface area is 128 Å². The van der Waals surface area contributed by atoms with Gasteiger partial charge in [0.2, 0.25) is 5.91 Å². The summed E-state index contributed by atoms with van der Waals surface area (Å²) in [7, 11) is 0. The van der Waals surface area contributed by atoms with Gasteiger partial charge < -0.3 is 9.73 Å². The molecule has 1 N–H and O–H groups in total. The molecular formula is C13H9ClN4O2S. The maximum atomic E-state index is 11.4. The third-order valence-electron chi connectivity index (χ3n) is 2.51. The first-order valence-corrected chi connectivity index (χ1v) is 7.36. The molecule has 0 aliphatic rings. The Balaban J connectivity index is 2.06. The molecule has 0 fully saturated rings. The summed E-state index contributed by atoms with van der Waals surface area (Å²) in [6, 6.07) is 5.13. The predicted molar refractivity (Wildman–Crippen MR) is 80.2 cm³/mol. The molecule has 0 aliphatic heterocycles. The maximum Gasteiger partial charge on any atom is 0.240 e. The summed E-state index contributed by atoms with van der Waals surface area (Å²) in [5.41, 5.74) is 0.608. The molecule has 0 aliphatic carbocycles. The number of alkyl halides is 1. The van der Waals surface area contributed by atoms with Crippen molar-refractivity contribution >= 4 is 34.7 Å². The van der Waals surface area contributed by atoms with Crippen LogP contribution in [0, 0.1) is 0 Å². The Hall–Kier alpha value is -2.25. The van der Waals surface area contributed by atoms with E-state index in [1.54, 1.807) is 24.4 Å². The van der Waals surface area contributed by atoms with E-state index in [1.165, 1.54) is 17.6 Å². The highest BCUT2D eigenvalue weighted by atomic mass is 35.5. The van der Waals surface area contributed by atoms with E-state index < -0.39 is 0 Å². The van der Waals surface area contributed by atoms with E-state index in [9.17, 15) is 4.79 Å². The monoisotopic (exact) mass is 320 g/mol. The number of thiazole rings is 1. The standard InChI is InChI=1S/C13H9ClN4O2S/c14-7-11(19)17-10-6-8(13-15-3-5-21-13)16-12(18-10)9-2-1-4-20-9/h1-6H,7H2,(H,16,17,18,19). The number of amides is 1. The second kappa shape index (κ2) is 6.02. The summed E-state index contributed by atoms with van der Waals surface area (Å²) in [5, 5.41) is 5.19. The molecule has 1 amide bonds. The highest BCUT2D eigenvalue weighted by molar-refractivity contribution is 7.13. The number of hydrogen-bond donors (Lipinski definition) is 1. The lowest BCUT2D eigenvalue weighted by Crippen LogP contribution is -2.14. The summed E-state index contributed by atoms with van der Waals surface area (Å²) >= 11 is 6.94. The molecule has 6 nitrogen and oxygen atoms in total. The molecule has 21 heavy (non-hydrogen) atoms. The fourth-order valence-electron chi connectivity index (χ4n) is 1.66. The second-order valence-corrected chi connectivity index (χ2v) is 5.12. The Morgan fingerprint density at radius 2 is 2.33 bits per heavy atom. The zero-order valence-corrected chi connectivity index (χ0v) is 12.2. The van der Waals surface area contributed by atoms with E-state index in [-0.39, 0.29) is 11.8 Å². The van der Waals surface area contributed by atoms with Crippen molar-refractivity contribution in [3.05, 3.63) is 36.0 Å². The smallest absolute Gasteiger partial charge is 0.240 e. The van der Waals surface area contributed by atoms with E-state index in [4.69, 9.17) is 16.0 Å². The number of aromatic nitrogens is 3. The maximum absolute atomic E-state index is 11.4. The lowest BCUT2D eigenvalue weighted by Gasteiger charge is -2.06. The minimum absolute atomic E-state index is 0.146. The quantitative estimate of drug-likeness (QED) is 0.747. The Bertz CT molecular complexity index is 691. The summed E-state index contributed by atoms with van der Waals surface area (Å²) in [4.78, 5) is 24.3. The number of carbonyl (C=O) groups is 1. The first kappa shape index (κ1) is 13.7. The Morgan fingerprint density at radius 3 is 3.00 bits per heavy atom. The molecule has 0 saturated heterocycles. The van der Waals surface area contributed by atoms with Crippen molar-refractivity contribution < 1.29 is 9.21 Å². The van der Waals surface area contributed by atoms with Gasteiger partial charge in [0.05, 0.1) is 6.26 Å². The lowest BCUT2D eigenvalue weighted by molar-refractivity contribution is -0.113. The summed E-state index contributed by atoms with van der Waals surface area (Å²) < 4.78 is 5.30. The van der Waals surface area contributed by atoms with Gasteiger partial charge in [-0.05, 0) is 12.1 Å². The van der Waals surface area contributed by atoms with Crippen LogP contribution >= 0.6 is 22.9 Å². The van der Waals surface area contributed by atoms with E-state index in [0.717, 1.165) is 5.01 Å². The van der Waals surface area contributed by atoms with Gasteiger partial charge in [0.1, 0.15) is 22.4 Å². The molecule has 0 aromatic carbocycles. The summed E-state index contributed by atoms with van der Waals surface area (Å²) in [6.45, 7) is 0. The highest BCUT2D eigenvalue weighted by Crippen LogP contribution is 2.25. The van der Waals surface area contributed by atoms with Crippen LogP contribution in [0.5, 0.6) is 0 Å². The largest absolute Gasteiger partial charge is 0.461 e. The average molecular weight is 321 g/mol. The van der Waals surface area contributed by atoms with Crippen LogP contribution in [0.2, 0.25) is 0 Å². The van der Waals surface area contributed by atoms with Gasteiger partial charge in [-0.2, -0.15) is 0 Å². The number of carbonyl (C=O) groups excluding carboxylic acids is 1. The van der Waals surface area contributed by atoms with Crippen LogP contribution < -0.4 is 5.32 Å².